The van der Waals surface area contributed by atoms with Gasteiger partial charge in [-0.3, -0.25) is 0 Å². The standard InChI is InChI=1S/C15H20N2O4/c1-2-19-15(18)17-7-5-16(6-8-17)12-3-4-13-14(11-12)21-10-9-20-13/h3-4,11H,2,5-10H2,1H3. The van der Waals surface area contributed by atoms with Crippen molar-refractivity contribution in [3.63, 3.8) is 0 Å². The second-order valence-electron chi connectivity index (χ2n) is 5.00. The van der Waals surface area contributed by atoms with Gasteiger partial charge in [0.2, 0.25) is 0 Å². The molecule has 0 spiro atoms. The fourth-order valence-electron chi connectivity index (χ4n) is 2.59. The Labute approximate surface area is 124 Å². The molecule has 1 aromatic rings. The van der Waals surface area contributed by atoms with Crippen LogP contribution < -0.4 is 14.4 Å². The predicted octanol–water partition coefficient (Wildman–Crippen LogP) is 1.74. The van der Waals surface area contributed by atoms with Gasteiger partial charge >= 0.3 is 6.09 Å². The van der Waals surface area contributed by atoms with Gasteiger partial charge in [-0.2, -0.15) is 0 Å². The van der Waals surface area contributed by atoms with Crippen molar-refractivity contribution in [1.29, 1.82) is 0 Å². The molecule has 2 aliphatic heterocycles. The number of hydrogen-bond acceptors (Lipinski definition) is 5. The van der Waals surface area contributed by atoms with Gasteiger partial charge in [-0.1, -0.05) is 0 Å². The molecule has 1 fully saturated rings. The lowest BCUT2D eigenvalue weighted by Crippen LogP contribution is -2.49. The van der Waals surface area contributed by atoms with Gasteiger partial charge in [-0.25, -0.2) is 4.79 Å². The molecule has 0 N–H and O–H groups in total. The third-order valence-electron chi connectivity index (χ3n) is 3.70. The van der Waals surface area contributed by atoms with Crippen LogP contribution >= 0.6 is 0 Å². The van der Waals surface area contributed by atoms with E-state index in [0.29, 0.717) is 32.9 Å². The Hall–Kier alpha value is -2.11. The number of carbonyl (C=O) groups excluding carboxylic acids is 1. The van der Waals surface area contributed by atoms with Crippen LogP contribution in [0.1, 0.15) is 6.92 Å². The second kappa shape index (κ2) is 6.11. The first-order valence-corrected chi connectivity index (χ1v) is 7.34. The zero-order valence-corrected chi connectivity index (χ0v) is 12.2. The first-order chi connectivity index (χ1) is 10.3. The fraction of sp³-hybridized carbons (Fsp3) is 0.533. The minimum Gasteiger partial charge on any atom is -0.486 e. The molecule has 0 aromatic heterocycles. The van der Waals surface area contributed by atoms with E-state index in [9.17, 15) is 4.79 Å². The number of nitrogens with zero attached hydrogens (tertiary/aromatic N) is 2. The third kappa shape index (κ3) is 2.99. The molecule has 2 aliphatic rings. The molecule has 6 heteroatoms. The maximum atomic E-state index is 11.7. The number of hydrogen-bond donors (Lipinski definition) is 0. The zero-order valence-electron chi connectivity index (χ0n) is 12.2. The van der Waals surface area contributed by atoms with Crippen LogP contribution in [0.4, 0.5) is 10.5 Å². The van der Waals surface area contributed by atoms with Crippen molar-refractivity contribution in [3.05, 3.63) is 18.2 Å². The molecule has 0 saturated carbocycles. The number of anilines is 1. The van der Waals surface area contributed by atoms with Crippen molar-refractivity contribution in [2.45, 2.75) is 6.92 Å². The molecule has 6 nitrogen and oxygen atoms in total. The highest BCUT2D eigenvalue weighted by atomic mass is 16.6. The van der Waals surface area contributed by atoms with Gasteiger partial charge in [0.15, 0.2) is 11.5 Å². The van der Waals surface area contributed by atoms with Crippen molar-refractivity contribution < 1.29 is 19.0 Å². The lowest BCUT2D eigenvalue weighted by molar-refractivity contribution is 0.105. The molecule has 114 valence electrons. The normalized spacial score (nSPS) is 17.6. The Bertz CT molecular complexity index is 512. The fourth-order valence-corrected chi connectivity index (χ4v) is 2.59. The highest BCUT2D eigenvalue weighted by molar-refractivity contribution is 5.68. The molecule has 3 rings (SSSR count). The van der Waals surface area contributed by atoms with Crippen LogP contribution in [-0.2, 0) is 4.74 Å². The minimum absolute atomic E-state index is 0.223. The maximum absolute atomic E-state index is 11.7. The lowest BCUT2D eigenvalue weighted by Gasteiger charge is -2.35. The number of rotatable bonds is 2. The lowest BCUT2D eigenvalue weighted by atomic mass is 10.2. The van der Waals surface area contributed by atoms with Gasteiger partial charge in [0.25, 0.3) is 0 Å². The summed E-state index contributed by atoms with van der Waals surface area (Å²) in [4.78, 5) is 15.7. The van der Waals surface area contributed by atoms with Crippen LogP contribution in [0.25, 0.3) is 0 Å². The van der Waals surface area contributed by atoms with Crippen LogP contribution in [0.2, 0.25) is 0 Å². The van der Waals surface area contributed by atoms with E-state index in [4.69, 9.17) is 14.2 Å². The highest BCUT2D eigenvalue weighted by Gasteiger charge is 2.23. The minimum atomic E-state index is -0.223. The van der Waals surface area contributed by atoms with E-state index in [-0.39, 0.29) is 6.09 Å². The quantitative estimate of drug-likeness (QED) is 0.831. The van der Waals surface area contributed by atoms with E-state index in [2.05, 4.69) is 4.90 Å². The summed E-state index contributed by atoms with van der Waals surface area (Å²) in [6.45, 7) is 6.36. The molecule has 0 unspecified atom stereocenters. The van der Waals surface area contributed by atoms with Crippen molar-refractivity contribution in [1.82, 2.24) is 4.90 Å². The van der Waals surface area contributed by atoms with Gasteiger partial charge in [0, 0.05) is 37.9 Å². The summed E-state index contributed by atoms with van der Waals surface area (Å²) < 4.78 is 16.2. The van der Waals surface area contributed by atoms with Gasteiger partial charge in [0.05, 0.1) is 6.61 Å². The van der Waals surface area contributed by atoms with Crippen LogP contribution in [0.5, 0.6) is 11.5 Å². The van der Waals surface area contributed by atoms with E-state index in [1.807, 2.05) is 25.1 Å². The molecular weight excluding hydrogens is 272 g/mol. The first kappa shape index (κ1) is 13.9. The smallest absolute Gasteiger partial charge is 0.409 e. The Morgan fingerprint density at radius 2 is 1.86 bits per heavy atom. The summed E-state index contributed by atoms with van der Waals surface area (Å²) in [5.74, 6) is 1.60. The molecule has 0 aliphatic carbocycles. The summed E-state index contributed by atoms with van der Waals surface area (Å²) in [7, 11) is 0. The topological polar surface area (TPSA) is 51.2 Å². The average Bonchev–Trinajstić information content (AvgIpc) is 2.55. The number of piperazine rings is 1. The molecule has 1 saturated heterocycles. The van der Waals surface area contributed by atoms with Gasteiger partial charge in [0.1, 0.15) is 13.2 Å². The van der Waals surface area contributed by atoms with Gasteiger partial charge in [-0.05, 0) is 19.1 Å². The predicted molar refractivity (Wildman–Crippen MR) is 78.2 cm³/mol. The second-order valence-corrected chi connectivity index (χ2v) is 5.00. The summed E-state index contributed by atoms with van der Waals surface area (Å²) in [6.07, 6.45) is -0.223. The number of amides is 1. The van der Waals surface area contributed by atoms with Crippen LogP contribution in [0, 0.1) is 0 Å². The largest absolute Gasteiger partial charge is 0.486 e. The number of fused-ring (bicyclic) bond motifs is 1. The monoisotopic (exact) mass is 292 g/mol. The Morgan fingerprint density at radius 1 is 1.14 bits per heavy atom. The molecule has 2 heterocycles. The van der Waals surface area contributed by atoms with Crippen LogP contribution in [0.15, 0.2) is 18.2 Å². The number of ether oxygens (including phenoxy) is 3. The van der Waals surface area contributed by atoms with Crippen LogP contribution in [-0.4, -0.2) is 57.0 Å². The summed E-state index contributed by atoms with van der Waals surface area (Å²) in [6, 6.07) is 5.99. The molecule has 0 atom stereocenters. The summed E-state index contributed by atoms with van der Waals surface area (Å²) in [5, 5.41) is 0. The third-order valence-corrected chi connectivity index (χ3v) is 3.70. The molecule has 21 heavy (non-hydrogen) atoms. The SMILES string of the molecule is CCOC(=O)N1CCN(c2ccc3c(c2)OCCO3)CC1. The zero-order chi connectivity index (χ0) is 14.7. The molecule has 1 aromatic carbocycles. The number of benzene rings is 1. The summed E-state index contributed by atoms with van der Waals surface area (Å²) in [5.41, 5.74) is 1.10. The molecule has 1 amide bonds. The highest BCUT2D eigenvalue weighted by Crippen LogP contribution is 2.34. The molecular formula is C15H20N2O4. The van der Waals surface area contributed by atoms with E-state index in [0.717, 1.165) is 30.3 Å². The maximum Gasteiger partial charge on any atom is 0.409 e. The first-order valence-electron chi connectivity index (χ1n) is 7.34. The average molecular weight is 292 g/mol. The molecule has 0 bridgehead atoms. The van der Waals surface area contributed by atoms with E-state index in [1.54, 1.807) is 4.90 Å². The summed E-state index contributed by atoms with van der Waals surface area (Å²) >= 11 is 0. The Morgan fingerprint density at radius 3 is 2.57 bits per heavy atom. The number of carbonyl (C=O) groups is 1. The van der Waals surface area contributed by atoms with E-state index in [1.165, 1.54) is 0 Å². The van der Waals surface area contributed by atoms with Crippen molar-refractivity contribution in [2.75, 3.05) is 50.9 Å². The van der Waals surface area contributed by atoms with Crippen molar-refractivity contribution >= 4 is 11.8 Å². The van der Waals surface area contributed by atoms with Crippen molar-refractivity contribution in [2.24, 2.45) is 0 Å². The Balaban J connectivity index is 1.63. The van der Waals surface area contributed by atoms with Crippen LogP contribution in [0.3, 0.4) is 0 Å². The molecule has 0 radical (unpaired) electrons. The Kier molecular flexibility index (Phi) is 4.03. The van der Waals surface area contributed by atoms with Gasteiger partial charge < -0.3 is 24.0 Å². The van der Waals surface area contributed by atoms with E-state index >= 15 is 0 Å². The van der Waals surface area contributed by atoms with E-state index < -0.39 is 0 Å². The van der Waals surface area contributed by atoms with Gasteiger partial charge in [-0.15, -0.1) is 0 Å². The van der Waals surface area contributed by atoms with Crippen molar-refractivity contribution in [3.8, 4) is 11.5 Å².